The number of nitrogens with one attached hydrogen (secondary N) is 3. The smallest absolute Gasteiger partial charge is 0.375 e. The molecule has 0 aliphatic carbocycles. The van der Waals surface area contributed by atoms with Gasteiger partial charge >= 0.3 is 6.18 Å². The van der Waals surface area contributed by atoms with E-state index >= 15 is 0 Å². The van der Waals surface area contributed by atoms with Gasteiger partial charge in [0, 0.05) is 0 Å². The highest BCUT2D eigenvalue weighted by Gasteiger charge is 2.27. The molecule has 2 amide bonds. The third kappa shape index (κ3) is 9.82. The number of anilines is 2. The van der Waals surface area contributed by atoms with Crippen molar-refractivity contribution >= 4 is 48.0 Å². The van der Waals surface area contributed by atoms with E-state index in [9.17, 15) is 22.8 Å². The second-order valence-electron chi connectivity index (χ2n) is 4.04. The summed E-state index contributed by atoms with van der Waals surface area (Å²) in [5.74, 6) is -1.08. The second-order valence-corrected chi connectivity index (χ2v) is 4.04. The number of halogens is 5. The molecule has 11 heteroatoms. The first-order valence-electron chi connectivity index (χ1n) is 5.98. The minimum atomic E-state index is -4.37. The maximum Gasteiger partial charge on any atom is 0.405 e. The normalized spacial score (nSPS) is 9.91. The zero-order valence-corrected chi connectivity index (χ0v) is 13.4. The third-order valence-corrected chi connectivity index (χ3v) is 2.31. The van der Waals surface area contributed by atoms with Gasteiger partial charge in [-0.05, 0) is 12.1 Å². The second kappa shape index (κ2) is 10.9. The molecule has 0 saturated carbocycles. The Morgan fingerprint density at radius 1 is 1.04 bits per heavy atom. The van der Waals surface area contributed by atoms with E-state index in [-0.39, 0.29) is 49.3 Å². The molecule has 23 heavy (non-hydrogen) atoms. The Kier molecular flexibility index (Phi) is 11.2. The molecule has 0 unspecified atom stereocenters. The van der Waals surface area contributed by atoms with Crippen LogP contribution < -0.4 is 21.7 Å². The van der Waals surface area contributed by atoms with Crippen LogP contribution >= 0.6 is 24.8 Å². The number of carbonyl (C=O) groups is 2. The number of benzene rings is 1. The summed E-state index contributed by atoms with van der Waals surface area (Å²) in [7, 11) is 0. The standard InChI is InChI=1S/C12H15F3N4O2.2ClH/c13-12(14,15)7-18-8-3-1-2-4-9(8)19-11(21)6-17-10(20)5-16;;/h1-4,18H,5-7,16H2,(H,17,20)(H,19,21);2*1H. The maximum absolute atomic E-state index is 12.2. The molecule has 0 saturated heterocycles. The largest absolute Gasteiger partial charge is 0.405 e. The Bertz CT molecular complexity index is 515. The van der Waals surface area contributed by atoms with Crippen molar-refractivity contribution < 1.29 is 22.8 Å². The first kappa shape index (κ1) is 23.6. The number of rotatable bonds is 6. The van der Waals surface area contributed by atoms with Crippen LogP contribution in [0.3, 0.4) is 0 Å². The Labute approximate surface area is 143 Å². The average Bonchev–Trinajstić information content (AvgIpc) is 2.43. The third-order valence-electron chi connectivity index (χ3n) is 2.31. The number of carbonyl (C=O) groups excluding carboxylic acids is 2. The minimum Gasteiger partial charge on any atom is -0.375 e. The number of alkyl halides is 3. The summed E-state index contributed by atoms with van der Waals surface area (Å²) in [5, 5.41) is 6.84. The summed E-state index contributed by atoms with van der Waals surface area (Å²) in [6, 6.07) is 5.94. The van der Waals surface area contributed by atoms with Gasteiger partial charge in [-0.15, -0.1) is 24.8 Å². The molecule has 0 fully saturated rings. The van der Waals surface area contributed by atoms with Gasteiger partial charge in [-0.1, -0.05) is 12.1 Å². The molecule has 0 spiro atoms. The molecule has 1 aromatic carbocycles. The molecule has 132 valence electrons. The lowest BCUT2D eigenvalue weighted by atomic mass is 10.2. The Balaban J connectivity index is 0. The predicted molar refractivity (Wildman–Crippen MR) is 86.2 cm³/mol. The predicted octanol–water partition coefficient (Wildman–Crippen LogP) is 1.52. The van der Waals surface area contributed by atoms with Crippen LogP contribution in [0, 0.1) is 0 Å². The summed E-state index contributed by atoms with van der Waals surface area (Å²) >= 11 is 0. The molecular weight excluding hydrogens is 360 g/mol. The van der Waals surface area contributed by atoms with Crippen molar-refractivity contribution in [3.63, 3.8) is 0 Å². The fourth-order valence-corrected chi connectivity index (χ4v) is 1.39. The number of hydrogen-bond donors (Lipinski definition) is 4. The lowest BCUT2D eigenvalue weighted by molar-refractivity contribution is -0.123. The van der Waals surface area contributed by atoms with Gasteiger partial charge in [0.1, 0.15) is 6.54 Å². The van der Waals surface area contributed by atoms with E-state index < -0.39 is 24.5 Å². The Hall–Kier alpha value is -1.71. The van der Waals surface area contributed by atoms with Crippen LogP contribution in [0.1, 0.15) is 0 Å². The van der Waals surface area contributed by atoms with Crippen molar-refractivity contribution in [2.24, 2.45) is 5.73 Å². The van der Waals surface area contributed by atoms with Gasteiger partial charge in [-0.3, -0.25) is 9.59 Å². The maximum atomic E-state index is 12.2. The summed E-state index contributed by atoms with van der Waals surface area (Å²) in [6.07, 6.45) is -4.37. The summed E-state index contributed by atoms with van der Waals surface area (Å²) in [5.41, 5.74) is 5.38. The first-order chi connectivity index (χ1) is 9.81. The molecule has 0 heterocycles. The molecule has 0 atom stereocenters. The van der Waals surface area contributed by atoms with Crippen LogP contribution in [0.15, 0.2) is 24.3 Å². The fourth-order valence-electron chi connectivity index (χ4n) is 1.39. The topological polar surface area (TPSA) is 96.2 Å². The average molecular weight is 377 g/mol. The van der Waals surface area contributed by atoms with Gasteiger partial charge in [-0.2, -0.15) is 13.2 Å². The van der Waals surface area contributed by atoms with Crippen LogP contribution in [0.25, 0.3) is 0 Å². The summed E-state index contributed by atoms with van der Waals surface area (Å²) in [6.45, 7) is -1.79. The lowest BCUT2D eigenvalue weighted by Gasteiger charge is -2.14. The van der Waals surface area contributed by atoms with Crippen LogP contribution in [0.2, 0.25) is 0 Å². The first-order valence-corrected chi connectivity index (χ1v) is 5.98. The highest BCUT2D eigenvalue weighted by Crippen LogP contribution is 2.23. The minimum absolute atomic E-state index is 0. The lowest BCUT2D eigenvalue weighted by Crippen LogP contribution is -2.36. The van der Waals surface area contributed by atoms with Crippen LogP contribution in [-0.2, 0) is 9.59 Å². The zero-order valence-electron chi connectivity index (χ0n) is 11.8. The Morgan fingerprint density at radius 2 is 1.61 bits per heavy atom. The van der Waals surface area contributed by atoms with Crippen molar-refractivity contribution in [1.29, 1.82) is 0 Å². The van der Waals surface area contributed by atoms with E-state index in [0.29, 0.717) is 0 Å². The molecule has 1 rings (SSSR count). The van der Waals surface area contributed by atoms with E-state index in [4.69, 9.17) is 5.73 Å². The molecular formula is C12H17Cl2F3N4O2. The summed E-state index contributed by atoms with van der Waals surface area (Å²) in [4.78, 5) is 22.5. The molecule has 0 bridgehead atoms. The molecule has 5 N–H and O–H groups in total. The van der Waals surface area contributed by atoms with Gasteiger partial charge in [0.25, 0.3) is 0 Å². The van der Waals surface area contributed by atoms with Crippen molar-refractivity contribution in [1.82, 2.24) is 5.32 Å². The zero-order chi connectivity index (χ0) is 15.9. The summed E-state index contributed by atoms with van der Waals surface area (Å²) < 4.78 is 36.5. The molecule has 6 nitrogen and oxygen atoms in total. The van der Waals surface area contributed by atoms with E-state index in [1.54, 1.807) is 6.07 Å². The number of hydrogen-bond acceptors (Lipinski definition) is 4. The van der Waals surface area contributed by atoms with Gasteiger partial charge in [0.2, 0.25) is 11.8 Å². The van der Waals surface area contributed by atoms with Crippen molar-refractivity contribution in [2.75, 3.05) is 30.3 Å². The SMILES string of the molecule is Cl.Cl.NCC(=O)NCC(=O)Nc1ccccc1NCC(F)(F)F. The van der Waals surface area contributed by atoms with E-state index in [0.717, 1.165) is 0 Å². The van der Waals surface area contributed by atoms with E-state index in [1.807, 2.05) is 0 Å². The molecule has 0 aliphatic rings. The van der Waals surface area contributed by atoms with Crippen LogP contribution in [0.5, 0.6) is 0 Å². The molecule has 1 aromatic rings. The van der Waals surface area contributed by atoms with Gasteiger partial charge in [0.05, 0.1) is 24.5 Å². The monoisotopic (exact) mass is 376 g/mol. The molecule has 0 radical (unpaired) electrons. The van der Waals surface area contributed by atoms with Crippen molar-refractivity contribution in [2.45, 2.75) is 6.18 Å². The van der Waals surface area contributed by atoms with Gasteiger partial charge < -0.3 is 21.7 Å². The van der Waals surface area contributed by atoms with Crippen LogP contribution in [-0.4, -0.2) is 37.6 Å². The molecule has 0 aliphatic heterocycles. The van der Waals surface area contributed by atoms with Crippen molar-refractivity contribution in [3.8, 4) is 0 Å². The highest BCUT2D eigenvalue weighted by molar-refractivity contribution is 5.97. The van der Waals surface area contributed by atoms with Crippen molar-refractivity contribution in [3.05, 3.63) is 24.3 Å². The van der Waals surface area contributed by atoms with E-state index in [1.165, 1.54) is 18.2 Å². The van der Waals surface area contributed by atoms with E-state index in [2.05, 4.69) is 16.0 Å². The quantitative estimate of drug-likeness (QED) is 0.605. The number of nitrogens with two attached hydrogens (primary N) is 1. The fraction of sp³-hybridized carbons (Fsp3) is 0.333. The number of amides is 2. The van der Waals surface area contributed by atoms with Gasteiger partial charge in [0.15, 0.2) is 0 Å². The van der Waals surface area contributed by atoms with Gasteiger partial charge in [-0.25, -0.2) is 0 Å². The number of para-hydroxylation sites is 2. The highest BCUT2D eigenvalue weighted by atomic mass is 35.5. The molecule has 0 aromatic heterocycles. The Morgan fingerprint density at radius 3 is 2.13 bits per heavy atom. The van der Waals surface area contributed by atoms with Crippen LogP contribution in [0.4, 0.5) is 24.5 Å².